The summed E-state index contributed by atoms with van der Waals surface area (Å²) in [6.07, 6.45) is 11.1. The number of urea groups is 1. The molecule has 3 rings (SSSR count). The Labute approximate surface area is 197 Å². The van der Waals surface area contributed by atoms with E-state index in [1.165, 1.54) is 54.0 Å². The van der Waals surface area contributed by atoms with Crippen LogP contribution in [-0.4, -0.2) is 56.5 Å². The van der Waals surface area contributed by atoms with Crippen molar-refractivity contribution in [2.75, 3.05) is 18.4 Å². The van der Waals surface area contributed by atoms with Crippen LogP contribution in [0.1, 0.15) is 64.7 Å². The highest BCUT2D eigenvalue weighted by Gasteiger charge is 2.42. The van der Waals surface area contributed by atoms with E-state index in [-0.39, 0.29) is 22.7 Å². The number of ether oxygens (including phenoxy) is 1. The van der Waals surface area contributed by atoms with E-state index in [0.717, 1.165) is 19.3 Å². The topological polar surface area (TPSA) is 65.1 Å². The molecule has 10 heteroatoms. The first-order chi connectivity index (χ1) is 14.5. The second-order valence-electron chi connectivity index (χ2n) is 8.05. The van der Waals surface area contributed by atoms with Crippen LogP contribution in [-0.2, 0) is 9.53 Å². The van der Waals surface area contributed by atoms with Gasteiger partial charge >= 0.3 is 12.0 Å². The minimum absolute atomic E-state index is 0.0764. The van der Waals surface area contributed by atoms with Crippen molar-refractivity contribution in [2.45, 2.75) is 76.3 Å². The number of nitrogens with one attached hydrogen (secondary N) is 1. The second-order valence-corrected chi connectivity index (χ2v) is 10.2. The zero-order valence-electron chi connectivity index (χ0n) is 17.5. The van der Waals surface area contributed by atoms with Crippen molar-refractivity contribution < 1.29 is 14.3 Å². The van der Waals surface area contributed by atoms with E-state index in [1.54, 1.807) is 9.42 Å². The van der Waals surface area contributed by atoms with Gasteiger partial charge in [-0.25, -0.2) is 4.79 Å². The SMILES string of the molecule is CCCCC(Cl)CN1CCC(OC(=O)CBr)N(N2NC=C(C3CCCCC3)S2)C1=O. The summed E-state index contributed by atoms with van der Waals surface area (Å²) in [5, 5.41) is 1.56. The number of amides is 2. The highest BCUT2D eigenvalue weighted by atomic mass is 79.9. The Morgan fingerprint density at radius 1 is 1.37 bits per heavy atom. The van der Waals surface area contributed by atoms with Crippen LogP contribution in [0.15, 0.2) is 11.1 Å². The number of rotatable bonds is 9. The van der Waals surface area contributed by atoms with Gasteiger partial charge in [-0.05, 0) is 37.1 Å². The standard InChI is InChI=1S/C20H32BrClN4O3S/c1-2-3-9-16(22)14-24-11-10-18(29-19(27)12-21)25(20(24)28)26-23-13-17(30-26)15-7-5-4-6-8-15/h13,15-16,18,23H,2-12,14H2,1H3. The monoisotopic (exact) mass is 522 g/mol. The van der Waals surface area contributed by atoms with Gasteiger partial charge in [-0.15, -0.1) is 11.6 Å². The number of carbonyl (C=O) groups excluding carboxylic acids is 2. The van der Waals surface area contributed by atoms with Gasteiger partial charge in [-0.2, -0.15) is 5.01 Å². The van der Waals surface area contributed by atoms with Crippen LogP contribution in [0, 0.1) is 5.92 Å². The first-order valence-electron chi connectivity index (χ1n) is 10.9. The third kappa shape index (κ3) is 6.20. The van der Waals surface area contributed by atoms with Crippen molar-refractivity contribution in [1.82, 2.24) is 19.9 Å². The van der Waals surface area contributed by atoms with Gasteiger partial charge in [0, 0.05) is 30.6 Å². The summed E-state index contributed by atoms with van der Waals surface area (Å²) in [7, 11) is 0. The number of carbonyl (C=O) groups is 2. The predicted octanol–water partition coefficient (Wildman–Crippen LogP) is 4.98. The number of allylic oxidation sites excluding steroid dienone is 1. The van der Waals surface area contributed by atoms with Crippen molar-refractivity contribution in [1.29, 1.82) is 0 Å². The third-order valence-corrected chi connectivity index (χ3v) is 7.69. The van der Waals surface area contributed by atoms with E-state index in [9.17, 15) is 9.59 Å². The Morgan fingerprint density at radius 3 is 2.83 bits per heavy atom. The Kier molecular flexibility index (Phi) is 9.47. The van der Waals surface area contributed by atoms with Crippen LogP contribution in [0.3, 0.4) is 0 Å². The molecule has 170 valence electrons. The van der Waals surface area contributed by atoms with Crippen LogP contribution in [0.4, 0.5) is 4.79 Å². The number of hydrazine groups is 2. The molecule has 2 fully saturated rings. The zero-order valence-corrected chi connectivity index (χ0v) is 20.7. The Hall–Kier alpha value is -0.640. The summed E-state index contributed by atoms with van der Waals surface area (Å²) in [5.41, 5.74) is 3.21. The van der Waals surface area contributed by atoms with Gasteiger partial charge in [0.15, 0.2) is 6.23 Å². The van der Waals surface area contributed by atoms with Gasteiger partial charge < -0.3 is 9.64 Å². The number of hydrogen-bond acceptors (Lipinski definition) is 6. The molecule has 7 nitrogen and oxygen atoms in total. The lowest BCUT2D eigenvalue weighted by molar-refractivity contribution is -0.169. The molecule has 1 saturated carbocycles. The molecule has 2 unspecified atom stereocenters. The van der Waals surface area contributed by atoms with E-state index in [4.69, 9.17) is 16.3 Å². The number of halogens is 2. The first-order valence-corrected chi connectivity index (χ1v) is 13.3. The highest BCUT2D eigenvalue weighted by Crippen LogP contribution is 2.40. The lowest BCUT2D eigenvalue weighted by atomic mass is 9.89. The molecule has 0 aromatic rings. The van der Waals surface area contributed by atoms with Crippen molar-refractivity contribution in [3.8, 4) is 0 Å². The van der Waals surface area contributed by atoms with Crippen molar-refractivity contribution in [2.24, 2.45) is 5.92 Å². The predicted molar refractivity (Wildman–Crippen MR) is 123 cm³/mol. The van der Waals surface area contributed by atoms with Crippen molar-refractivity contribution >= 4 is 51.5 Å². The Morgan fingerprint density at radius 2 is 2.13 bits per heavy atom. The third-order valence-electron chi connectivity index (χ3n) is 5.76. The normalized spacial score (nSPS) is 24.6. The van der Waals surface area contributed by atoms with Gasteiger partial charge in [0.05, 0.1) is 5.38 Å². The van der Waals surface area contributed by atoms with Crippen LogP contribution in [0.25, 0.3) is 0 Å². The average molecular weight is 524 g/mol. The molecule has 0 aromatic heterocycles. The summed E-state index contributed by atoms with van der Waals surface area (Å²) >= 11 is 11.2. The molecular weight excluding hydrogens is 492 g/mol. The van der Waals surface area contributed by atoms with Gasteiger partial charge in [0.2, 0.25) is 0 Å². The van der Waals surface area contributed by atoms with E-state index in [1.807, 2.05) is 6.20 Å². The molecule has 2 aliphatic heterocycles. The number of nitrogens with zero attached hydrogens (tertiary/aromatic N) is 3. The molecule has 1 aliphatic carbocycles. The highest BCUT2D eigenvalue weighted by molar-refractivity contribution is 9.09. The molecule has 30 heavy (non-hydrogen) atoms. The van der Waals surface area contributed by atoms with E-state index in [0.29, 0.717) is 25.4 Å². The minimum atomic E-state index is -0.637. The molecule has 0 radical (unpaired) electrons. The summed E-state index contributed by atoms with van der Waals surface area (Å²) in [6, 6.07) is -0.186. The lowest BCUT2D eigenvalue weighted by Gasteiger charge is -2.43. The lowest BCUT2D eigenvalue weighted by Crippen LogP contribution is -2.62. The van der Waals surface area contributed by atoms with Crippen molar-refractivity contribution in [3.05, 3.63) is 11.1 Å². The maximum Gasteiger partial charge on any atom is 0.340 e. The molecular formula is C20H32BrClN4O3S. The Balaban J connectivity index is 1.67. The summed E-state index contributed by atoms with van der Waals surface area (Å²) in [4.78, 5) is 28.3. The van der Waals surface area contributed by atoms with Crippen LogP contribution in [0.2, 0.25) is 0 Å². The maximum atomic E-state index is 13.4. The summed E-state index contributed by atoms with van der Waals surface area (Å²) < 4.78 is 7.30. The largest absolute Gasteiger partial charge is 0.439 e. The molecule has 1 saturated heterocycles. The van der Waals surface area contributed by atoms with Gasteiger partial charge in [-0.3, -0.25) is 10.2 Å². The molecule has 2 amide bonds. The van der Waals surface area contributed by atoms with Crippen LogP contribution in [0.5, 0.6) is 0 Å². The van der Waals surface area contributed by atoms with E-state index >= 15 is 0 Å². The minimum Gasteiger partial charge on any atom is -0.439 e. The quantitative estimate of drug-likeness (QED) is 0.261. The molecule has 0 bridgehead atoms. The number of esters is 1. The molecule has 2 heterocycles. The fourth-order valence-corrected chi connectivity index (χ4v) is 5.63. The number of alkyl halides is 2. The molecule has 0 aromatic carbocycles. The summed E-state index contributed by atoms with van der Waals surface area (Å²) in [5.74, 6) is 0.149. The Bertz CT molecular complexity index is 635. The first kappa shape index (κ1) is 24.0. The zero-order chi connectivity index (χ0) is 21.5. The van der Waals surface area contributed by atoms with Gasteiger partial charge in [0.25, 0.3) is 0 Å². The maximum absolute atomic E-state index is 13.4. The molecule has 1 N–H and O–H groups in total. The van der Waals surface area contributed by atoms with Gasteiger partial charge in [0.1, 0.15) is 5.33 Å². The number of unbranched alkanes of at least 4 members (excludes halogenated alkanes) is 1. The van der Waals surface area contributed by atoms with Crippen molar-refractivity contribution in [3.63, 3.8) is 0 Å². The van der Waals surface area contributed by atoms with E-state index in [2.05, 4.69) is 28.3 Å². The fourth-order valence-electron chi connectivity index (χ4n) is 4.12. The van der Waals surface area contributed by atoms with Crippen LogP contribution >= 0.6 is 39.5 Å². The smallest absolute Gasteiger partial charge is 0.340 e. The average Bonchev–Trinajstić information content (AvgIpc) is 3.24. The van der Waals surface area contributed by atoms with Crippen LogP contribution < -0.4 is 5.43 Å². The fraction of sp³-hybridized carbons (Fsp3) is 0.800. The summed E-state index contributed by atoms with van der Waals surface area (Å²) in [6.45, 7) is 3.15. The van der Waals surface area contributed by atoms with E-state index < -0.39 is 6.23 Å². The number of hydrogen-bond donors (Lipinski definition) is 1. The second kappa shape index (κ2) is 11.8. The molecule has 0 spiro atoms. The van der Waals surface area contributed by atoms with Gasteiger partial charge in [-0.1, -0.05) is 59.5 Å². The molecule has 2 atom stereocenters. The molecule has 3 aliphatic rings.